The molecule has 0 aliphatic heterocycles. The summed E-state index contributed by atoms with van der Waals surface area (Å²) in [6.07, 6.45) is 4.82. The third-order valence-corrected chi connectivity index (χ3v) is 3.86. The lowest BCUT2D eigenvalue weighted by molar-refractivity contribution is -0.384. The Labute approximate surface area is 130 Å². The van der Waals surface area contributed by atoms with Crippen molar-refractivity contribution in [1.82, 2.24) is 9.55 Å². The average molecular weight is 311 g/mol. The van der Waals surface area contributed by atoms with E-state index < -0.39 is 10.6 Å². The maximum absolute atomic E-state index is 12.2. The molecule has 1 aromatic heterocycles. The first-order valence-electron chi connectivity index (χ1n) is 7.04. The number of carbonyl (C=O) groups is 1. The van der Waals surface area contributed by atoms with Crippen LogP contribution < -0.4 is 16.3 Å². The second-order valence-corrected chi connectivity index (χ2v) is 5.29. The molecule has 1 aromatic carbocycles. The van der Waals surface area contributed by atoms with Crippen LogP contribution in [0.3, 0.4) is 0 Å². The van der Waals surface area contributed by atoms with Gasteiger partial charge in [-0.25, -0.2) is 9.78 Å². The van der Waals surface area contributed by atoms with Gasteiger partial charge < -0.3 is 0 Å². The first-order valence-corrected chi connectivity index (χ1v) is 7.04. The molecule has 0 spiro atoms. The monoisotopic (exact) mass is 311 g/mol. The summed E-state index contributed by atoms with van der Waals surface area (Å²) in [6.45, 7) is 1.81. The molecule has 23 heavy (non-hydrogen) atoms. The summed E-state index contributed by atoms with van der Waals surface area (Å²) in [6, 6.07) is 5.68. The van der Waals surface area contributed by atoms with E-state index in [1.165, 1.54) is 29.0 Å². The molecule has 1 unspecified atom stereocenters. The number of nitrogens with zero attached hydrogens (tertiary/aromatic N) is 3. The lowest BCUT2D eigenvalue weighted by atomic mass is 10.1. The van der Waals surface area contributed by atoms with Crippen LogP contribution in [-0.2, 0) is 4.79 Å². The van der Waals surface area contributed by atoms with Crippen molar-refractivity contribution in [1.29, 1.82) is 0 Å². The summed E-state index contributed by atoms with van der Waals surface area (Å²) < 4.78 is 1.50. The molecule has 1 aliphatic carbocycles. The highest BCUT2D eigenvalue weighted by Gasteiger charge is 2.15. The van der Waals surface area contributed by atoms with Crippen molar-refractivity contribution >= 4 is 23.6 Å². The van der Waals surface area contributed by atoms with Crippen LogP contribution in [-0.4, -0.2) is 20.3 Å². The van der Waals surface area contributed by atoms with Gasteiger partial charge in [-0.15, -0.1) is 0 Å². The van der Waals surface area contributed by atoms with Crippen LogP contribution in [0.5, 0.6) is 0 Å². The summed E-state index contributed by atoms with van der Waals surface area (Å²) in [4.78, 5) is 37.8. The number of carbonyl (C=O) groups excluding carboxylic acids is 1. The topological polar surface area (TPSA) is 95.1 Å². The Morgan fingerprint density at radius 1 is 1.26 bits per heavy atom. The molecule has 7 heteroatoms. The van der Waals surface area contributed by atoms with Crippen molar-refractivity contribution < 1.29 is 9.72 Å². The fourth-order valence-electron chi connectivity index (χ4n) is 2.65. The summed E-state index contributed by atoms with van der Waals surface area (Å²) in [7, 11) is 0. The van der Waals surface area contributed by atoms with Crippen molar-refractivity contribution in [2.24, 2.45) is 0 Å². The number of fused-ring (bicyclic) bond motifs is 1. The van der Waals surface area contributed by atoms with Crippen molar-refractivity contribution in [2.45, 2.75) is 19.4 Å². The van der Waals surface area contributed by atoms with Gasteiger partial charge in [0.1, 0.15) is 0 Å². The lowest BCUT2D eigenvalue weighted by Gasteiger charge is -2.17. The van der Waals surface area contributed by atoms with E-state index in [0.29, 0.717) is 10.6 Å². The highest BCUT2D eigenvalue weighted by Crippen LogP contribution is 2.18. The van der Waals surface area contributed by atoms with Crippen LogP contribution in [0.4, 0.5) is 5.69 Å². The smallest absolute Gasteiger partial charge is 0.294 e. The molecular weight excluding hydrogens is 298 g/mol. The van der Waals surface area contributed by atoms with Crippen LogP contribution in [0, 0.1) is 10.1 Å². The molecule has 0 bridgehead atoms. The van der Waals surface area contributed by atoms with Gasteiger partial charge in [0.2, 0.25) is 0 Å². The number of Topliss-reactive ketones (excluding diaryl/α,β-unsaturated/α-hetero) is 1. The van der Waals surface area contributed by atoms with E-state index in [0.717, 1.165) is 5.56 Å². The second kappa shape index (κ2) is 5.60. The van der Waals surface area contributed by atoms with Crippen LogP contribution in [0.15, 0.2) is 35.3 Å². The zero-order chi connectivity index (χ0) is 16.6. The Morgan fingerprint density at radius 2 is 1.96 bits per heavy atom. The quantitative estimate of drug-likeness (QED) is 0.600. The number of aromatic nitrogens is 2. The number of rotatable bonds is 3. The lowest BCUT2D eigenvalue weighted by Crippen LogP contribution is -2.47. The van der Waals surface area contributed by atoms with Crippen LogP contribution in [0.2, 0.25) is 0 Å². The van der Waals surface area contributed by atoms with Crippen molar-refractivity contribution in [2.75, 3.05) is 0 Å². The molecular formula is C16H13N3O4. The highest BCUT2D eigenvalue weighted by atomic mass is 16.6. The first kappa shape index (κ1) is 14.8. The van der Waals surface area contributed by atoms with E-state index in [4.69, 9.17) is 0 Å². The Kier molecular flexibility index (Phi) is 3.61. The Balaban J connectivity index is 2.14. The number of nitro groups is 1. The van der Waals surface area contributed by atoms with Gasteiger partial charge in [0.15, 0.2) is 5.78 Å². The molecule has 116 valence electrons. The van der Waals surface area contributed by atoms with Gasteiger partial charge in [-0.05, 0) is 18.6 Å². The predicted octanol–water partition coefficient (Wildman–Crippen LogP) is 0.295. The van der Waals surface area contributed by atoms with Crippen molar-refractivity contribution in [3.8, 4) is 0 Å². The van der Waals surface area contributed by atoms with Crippen LogP contribution in [0.1, 0.15) is 24.9 Å². The third-order valence-electron chi connectivity index (χ3n) is 3.86. The first-order chi connectivity index (χ1) is 11.0. The van der Waals surface area contributed by atoms with Gasteiger partial charge in [0.25, 0.3) is 5.69 Å². The summed E-state index contributed by atoms with van der Waals surface area (Å²) in [5.41, 5.74) is 0.318. The summed E-state index contributed by atoms with van der Waals surface area (Å²) >= 11 is 0. The molecule has 1 atom stereocenters. The molecule has 7 nitrogen and oxygen atoms in total. The van der Waals surface area contributed by atoms with Gasteiger partial charge in [0, 0.05) is 30.0 Å². The van der Waals surface area contributed by atoms with E-state index in [1.807, 2.05) is 6.92 Å². The standard InChI is InChI=1S/C16H13N3O4/c1-10(11-2-4-13(5-3-11)19(22)23)18-15-7-6-14(20)8-12(15)9-17-16(18)21/h2-5,7-10H,6H2,1H3. The minimum Gasteiger partial charge on any atom is -0.294 e. The minimum absolute atomic E-state index is 0.00740. The molecule has 0 saturated heterocycles. The SMILES string of the molecule is CC(c1ccc([N+](=O)[O-])cc1)n1c(=O)ncc2c1=CCC(=O)C=2. The number of non-ortho nitro benzene ring substituents is 1. The molecule has 0 radical (unpaired) electrons. The molecule has 0 saturated carbocycles. The zero-order valence-corrected chi connectivity index (χ0v) is 12.3. The maximum Gasteiger partial charge on any atom is 0.348 e. The summed E-state index contributed by atoms with van der Waals surface area (Å²) in [5.74, 6) is -0.0347. The normalized spacial score (nSPS) is 14.4. The van der Waals surface area contributed by atoms with Crippen molar-refractivity contribution in [3.63, 3.8) is 0 Å². The fraction of sp³-hybridized carbons (Fsp3) is 0.188. The molecule has 0 N–H and O–H groups in total. The number of benzene rings is 1. The average Bonchev–Trinajstić information content (AvgIpc) is 2.54. The molecule has 3 rings (SSSR count). The second-order valence-electron chi connectivity index (χ2n) is 5.29. The van der Waals surface area contributed by atoms with Gasteiger partial charge >= 0.3 is 5.69 Å². The Morgan fingerprint density at radius 3 is 2.61 bits per heavy atom. The van der Waals surface area contributed by atoms with Gasteiger partial charge in [-0.3, -0.25) is 19.5 Å². The molecule has 1 aliphatic rings. The van der Waals surface area contributed by atoms with E-state index in [-0.39, 0.29) is 23.9 Å². The fourth-order valence-corrected chi connectivity index (χ4v) is 2.65. The van der Waals surface area contributed by atoms with Crippen LogP contribution >= 0.6 is 0 Å². The number of ketones is 1. The van der Waals surface area contributed by atoms with Crippen molar-refractivity contribution in [3.05, 3.63) is 67.2 Å². The Hall–Kier alpha value is -3.09. The largest absolute Gasteiger partial charge is 0.348 e. The van der Waals surface area contributed by atoms with Crippen LogP contribution in [0.25, 0.3) is 12.2 Å². The number of hydrogen-bond acceptors (Lipinski definition) is 5. The van der Waals surface area contributed by atoms with E-state index >= 15 is 0 Å². The minimum atomic E-state index is -0.471. The summed E-state index contributed by atoms with van der Waals surface area (Å²) in [5, 5.41) is 12.0. The number of hydrogen-bond donors (Lipinski definition) is 0. The zero-order valence-electron chi connectivity index (χ0n) is 12.3. The van der Waals surface area contributed by atoms with E-state index in [9.17, 15) is 19.7 Å². The predicted molar refractivity (Wildman–Crippen MR) is 83.2 cm³/mol. The molecule has 2 aromatic rings. The maximum atomic E-state index is 12.2. The van der Waals surface area contributed by atoms with E-state index in [1.54, 1.807) is 18.2 Å². The van der Waals surface area contributed by atoms with Gasteiger partial charge in [0.05, 0.1) is 16.3 Å². The number of nitro benzene ring substituents is 1. The molecule has 1 heterocycles. The highest BCUT2D eigenvalue weighted by molar-refractivity contribution is 6.08. The third kappa shape index (κ3) is 2.68. The van der Waals surface area contributed by atoms with E-state index in [2.05, 4.69) is 4.98 Å². The molecule has 0 fully saturated rings. The Bertz CT molecular complexity index is 974. The van der Waals surface area contributed by atoms with Gasteiger partial charge in [-0.1, -0.05) is 18.2 Å². The molecule has 0 amide bonds. The van der Waals surface area contributed by atoms with Gasteiger partial charge in [-0.2, -0.15) is 0 Å².